The van der Waals surface area contributed by atoms with Gasteiger partial charge in [-0.1, -0.05) is 18.2 Å². The number of methoxy groups -OCH3 is 3. The van der Waals surface area contributed by atoms with Crippen LogP contribution in [0.25, 0.3) is 0 Å². The summed E-state index contributed by atoms with van der Waals surface area (Å²) in [7, 11) is 4.56. The molecule has 0 aromatic heterocycles. The molecule has 2 aromatic rings. The normalized spacial score (nSPS) is 10.7. The third-order valence-electron chi connectivity index (χ3n) is 4.61. The summed E-state index contributed by atoms with van der Waals surface area (Å²) in [5, 5.41) is 6.58. The van der Waals surface area contributed by atoms with Crippen LogP contribution in [0.5, 0.6) is 11.5 Å². The third-order valence-corrected chi connectivity index (χ3v) is 4.61. The average molecular weight is 541 g/mol. The molecular weight excluding hydrogens is 509 g/mol. The quantitative estimate of drug-likeness (QED) is 0.218. The predicted molar refractivity (Wildman–Crippen MR) is 134 cm³/mol. The fraction of sp³-hybridized carbons (Fsp3) is 0.391. The van der Waals surface area contributed by atoms with Crippen molar-refractivity contribution in [2.45, 2.75) is 26.8 Å². The van der Waals surface area contributed by atoms with Crippen LogP contribution in [-0.2, 0) is 17.7 Å². The zero-order valence-electron chi connectivity index (χ0n) is 18.8. The van der Waals surface area contributed by atoms with Crippen LogP contribution in [0.15, 0.2) is 41.4 Å². The van der Waals surface area contributed by atoms with Crippen molar-refractivity contribution in [2.75, 3.05) is 34.4 Å². The monoisotopic (exact) mass is 541 g/mol. The summed E-state index contributed by atoms with van der Waals surface area (Å²) >= 11 is 0. The first kappa shape index (κ1) is 26.5. The molecule has 0 aliphatic rings. The molecular formula is C23H32IN3O4. The van der Waals surface area contributed by atoms with E-state index < -0.39 is 5.97 Å². The first-order valence-electron chi connectivity index (χ1n) is 9.93. The van der Waals surface area contributed by atoms with Crippen LogP contribution in [0.1, 0.15) is 34.0 Å². The minimum Gasteiger partial charge on any atom is -0.496 e. The van der Waals surface area contributed by atoms with E-state index in [1.807, 2.05) is 19.9 Å². The zero-order chi connectivity index (χ0) is 21.9. The second kappa shape index (κ2) is 13.7. The van der Waals surface area contributed by atoms with Gasteiger partial charge in [0.2, 0.25) is 0 Å². The van der Waals surface area contributed by atoms with Crippen molar-refractivity contribution < 1.29 is 19.0 Å². The highest BCUT2D eigenvalue weighted by atomic mass is 127. The van der Waals surface area contributed by atoms with Crippen LogP contribution in [0, 0.1) is 6.92 Å². The fourth-order valence-corrected chi connectivity index (χ4v) is 2.98. The maximum absolute atomic E-state index is 12.0. The molecule has 0 heterocycles. The summed E-state index contributed by atoms with van der Waals surface area (Å²) in [5.41, 5.74) is 3.59. The van der Waals surface area contributed by atoms with Crippen LogP contribution in [-0.4, -0.2) is 46.3 Å². The van der Waals surface area contributed by atoms with E-state index >= 15 is 0 Å². The van der Waals surface area contributed by atoms with Gasteiger partial charge in [-0.2, -0.15) is 0 Å². The summed E-state index contributed by atoms with van der Waals surface area (Å²) in [6, 6.07) is 11.6. The number of esters is 1. The van der Waals surface area contributed by atoms with Crippen molar-refractivity contribution in [3.8, 4) is 11.5 Å². The van der Waals surface area contributed by atoms with Crippen molar-refractivity contribution in [3.63, 3.8) is 0 Å². The van der Waals surface area contributed by atoms with Gasteiger partial charge in [-0.05, 0) is 55.2 Å². The molecule has 2 rings (SSSR count). The molecule has 31 heavy (non-hydrogen) atoms. The number of aliphatic imine (C=N–C) groups is 1. The van der Waals surface area contributed by atoms with Gasteiger partial charge in [0.1, 0.15) is 17.1 Å². The summed E-state index contributed by atoms with van der Waals surface area (Å²) < 4.78 is 15.5. The maximum atomic E-state index is 12.0. The van der Waals surface area contributed by atoms with E-state index in [-0.39, 0.29) is 24.0 Å². The van der Waals surface area contributed by atoms with Gasteiger partial charge in [0, 0.05) is 13.1 Å². The second-order valence-electron chi connectivity index (χ2n) is 6.70. The van der Waals surface area contributed by atoms with Gasteiger partial charge in [0.05, 0.1) is 27.9 Å². The van der Waals surface area contributed by atoms with Crippen LogP contribution in [0.3, 0.4) is 0 Å². The average Bonchev–Trinajstić information content (AvgIpc) is 2.77. The number of carbonyl (C=O) groups excluding carboxylic acids is 1. The Labute approximate surface area is 201 Å². The Morgan fingerprint density at radius 2 is 1.68 bits per heavy atom. The number of nitrogens with zero attached hydrogens (tertiary/aromatic N) is 1. The zero-order valence-corrected chi connectivity index (χ0v) is 21.1. The van der Waals surface area contributed by atoms with Gasteiger partial charge in [-0.3, -0.25) is 0 Å². The van der Waals surface area contributed by atoms with E-state index in [1.165, 1.54) is 19.8 Å². The topological polar surface area (TPSA) is 81.2 Å². The number of carbonyl (C=O) groups is 1. The number of benzene rings is 2. The van der Waals surface area contributed by atoms with Crippen molar-refractivity contribution in [3.05, 3.63) is 58.7 Å². The van der Waals surface area contributed by atoms with E-state index in [4.69, 9.17) is 14.2 Å². The Morgan fingerprint density at radius 1 is 0.968 bits per heavy atom. The van der Waals surface area contributed by atoms with E-state index in [1.54, 1.807) is 19.2 Å². The van der Waals surface area contributed by atoms with Crippen LogP contribution in [0.2, 0.25) is 0 Å². The molecule has 2 aromatic carbocycles. The number of hydrogen-bond acceptors (Lipinski definition) is 5. The molecule has 0 saturated heterocycles. The third kappa shape index (κ3) is 7.93. The first-order valence-corrected chi connectivity index (χ1v) is 9.93. The number of ether oxygens (including phenoxy) is 3. The number of halogens is 1. The maximum Gasteiger partial charge on any atom is 0.341 e. The van der Waals surface area contributed by atoms with Gasteiger partial charge in [-0.15, -0.1) is 24.0 Å². The van der Waals surface area contributed by atoms with E-state index in [0.717, 1.165) is 36.4 Å². The van der Waals surface area contributed by atoms with E-state index in [2.05, 4.69) is 33.8 Å². The Kier molecular flexibility index (Phi) is 11.8. The number of rotatable bonds is 9. The molecule has 7 nitrogen and oxygen atoms in total. The largest absolute Gasteiger partial charge is 0.496 e. The van der Waals surface area contributed by atoms with Gasteiger partial charge >= 0.3 is 5.97 Å². The molecule has 0 spiro atoms. The molecule has 0 fully saturated rings. The standard InChI is InChI=1S/C23H31N3O4.HI/c1-6-24-23(25-12-11-17-8-7-16(2)21(14-17)29-4)26-15-18-9-10-20(28-3)19(13-18)22(27)30-5;/h7-10,13-14H,6,11-12,15H2,1-5H3,(H2,24,25,26);1H. The highest BCUT2D eigenvalue weighted by molar-refractivity contribution is 14.0. The van der Waals surface area contributed by atoms with Gasteiger partial charge in [0.25, 0.3) is 0 Å². The minimum absolute atomic E-state index is 0. The molecule has 2 N–H and O–H groups in total. The molecule has 8 heteroatoms. The van der Waals surface area contributed by atoms with Crippen LogP contribution >= 0.6 is 24.0 Å². The van der Waals surface area contributed by atoms with Gasteiger partial charge in [-0.25, -0.2) is 9.79 Å². The number of guanidine groups is 1. The number of aryl methyl sites for hydroxylation is 1. The lowest BCUT2D eigenvalue weighted by atomic mass is 10.1. The van der Waals surface area contributed by atoms with Crippen molar-refractivity contribution in [1.29, 1.82) is 0 Å². The van der Waals surface area contributed by atoms with Gasteiger partial charge in [0.15, 0.2) is 5.96 Å². The number of nitrogens with one attached hydrogen (secondary N) is 2. The summed E-state index contributed by atoms with van der Waals surface area (Å²) in [5.74, 6) is 1.66. The summed E-state index contributed by atoms with van der Waals surface area (Å²) in [6.45, 7) is 5.95. The molecule has 170 valence electrons. The Balaban J connectivity index is 0.00000480. The smallest absolute Gasteiger partial charge is 0.341 e. The molecule has 0 amide bonds. The first-order chi connectivity index (χ1) is 14.5. The molecule has 0 saturated carbocycles. The molecule has 0 aliphatic carbocycles. The van der Waals surface area contributed by atoms with Crippen LogP contribution in [0.4, 0.5) is 0 Å². The van der Waals surface area contributed by atoms with Crippen LogP contribution < -0.4 is 20.1 Å². The molecule has 0 unspecified atom stereocenters. The van der Waals surface area contributed by atoms with E-state index in [9.17, 15) is 4.79 Å². The lowest BCUT2D eigenvalue weighted by molar-refractivity contribution is 0.0597. The van der Waals surface area contributed by atoms with Crippen molar-refractivity contribution in [2.24, 2.45) is 4.99 Å². The highest BCUT2D eigenvalue weighted by Gasteiger charge is 2.13. The second-order valence-corrected chi connectivity index (χ2v) is 6.70. The molecule has 0 atom stereocenters. The highest BCUT2D eigenvalue weighted by Crippen LogP contribution is 2.21. The Morgan fingerprint density at radius 3 is 2.32 bits per heavy atom. The number of hydrogen-bond donors (Lipinski definition) is 2. The molecule has 0 bridgehead atoms. The SMILES string of the molecule is CCNC(=NCc1ccc(OC)c(C(=O)OC)c1)NCCc1ccc(C)c(OC)c1.I. The summed E-state index contributed by atoms with van der Waals surface area (Å²) in [4.78, 5) is 16.6. The lowest BCUT2D eigenvalue weighted by Gasteiger charge is -2.13. The predicted octanol–water partition coefficient (Wildman–Crippen LogP) is 3.71. The lowest BCUT2D eigenvalue weighted by Crippen LogP contribution is -2.38. The van der Waals surface area contributed by atoms with Gasteiger partial charge < -0.3 is 24.8 Å². The molecule has 0 radical (unpaired) electrons. The fourth-order valence-electron chi connectivity index (χ4n) is 2.98. The van der Waals surface area contributed by atoms with Crippen molar-refractivity contribution in [1.82, 2.24) is 10.6 Å². The van der Waals surface area contributed by atoms with Crippen molar-refractivity contribution >= 4 is 35.9 Å². The Bertz CT molecular complexity index is 887. The Hall–Kier alpha value is -2.49. The minimum atomic E-state index is -0.434. The van der Waals surface area contributed by atoms with E-state index in [0.29, 0.717) is 23.8 Å². The summed E-state index contributed by atoms with van der Waals surface area (Å²) in [6.07, 6.45) is 0.843. The molecule has 0 aliphatic heterocycles.